The third kappa shape index (κ3) is 4.86. The van der Waals surface area contributed by atoms with E-state index in [0.29, 0.717) is 17.2 Å². The quantitative estimate of drug-likeness (QED) is 0.255. The Labute approximate surface area is 214 Å². The molecule has 0 aliphatic heterocycles. The van der Waals surface area contributed by atoms with Crippen LogP contribution in [0.25, 0.3) is 22.4 Å². The van der Waals surface area contributed by atoms with Gasteiger partial charge in [-0.15, -0.1) is 0 Å². The molecular weight excluding hydrogens is 460 g/mol. The molecule has 182 valence electrons. The van der Waals surface area contributed by atoms with Crippen LogP contribution in [0.15, 0.2) is 97.1 Å². The number of benzene rings is 4. The summed E-state index contributed by atoms with van der Waals surface area (Å²) in [7, 11) is 0. The van der Waals surface area contributed by atoms with Gasteiger partial charge in [-0.1, -0.05) is 48.0 Å². The van der Waals surface area contributed by atoms with E-state index in [2.05, 4.69) is 27.8 Å². The zero-order valence-electron chi connectivity index (χ0n) is 20.4. The van der Waals surface area contributed by atoms with E-state index in [1.807, 2.05) is 91.9 Å². The topological polar surface area (TPSA) is 86.9 Å². The number of aromatic amines is 1. The Kier molecular flexibility index (Phi) is 5.77. The highest BCUT2D eigenvalue weighted by atomic mass is 16.2. The second kappa shape index (κ2) is 9.39. The van der Waals surface area contributed by atoms with E-state index in [0.717, 1.165) is 40.1 Å². The number of rotatable bonds is 6. The van der Waals surface area contributed by atoms with Gasteiger partial charge in [0.05, 0.1) is 11.0 Å². The minimum atomic E-state index is -0.146. The van der Waals surface area contributed by atoms with Gasteiger partial charge < -0.3 is 15.6 Å². The molecule has 0 saturated heterocycles. The van der Waals surface area contributed by atoms with E-state index in [-0.39, 0.29) is 17.7 Å². The number of H-pyrrole nitrogens is 1. The van der Waals surface area contributed by atoms with Crippen molar-refractivity contribution in [1.29, 1.82) is 0 Å². The van der Waals surface area contributed by atoms with Gasteiger partial charge in [0.1, 0.15) is 5.82 Å². The minimum Gasteiger partial charge on any atom is -0.338 e. The van der Waals surface area contributed by atoms with Gasteiger partial charge in [0.2, 0.25) is 5.91 Å². The number of hydrogen-bond donors (Lipinski definition) is 3. The van der Waals surface area contributed by atoms with Gasteiger partial charge in [0.15, 0.2) is 0 Å². The van der Waals surface area contributed by atoms with Crippen LogP contribution in [0.2, 0.25) is 0 Å². The monoisotopic (exact) mass is 486 g/mol. The molecule has 6 nitrogen and oxygen atoms in total. The third-order valence-corrected chi connectivity index (χ3v) is 6.83. The van der Waals surface area contributed by atoms with Crippen molar-refractivity contribution in [3.8, 4) is 11.4 Å². The molecule has 0 bridgehead atoms. The van der Waals surface area contributed by atoms with E-state index < -0.39 is 0 Å². The first kappa shape index (κ1) is 22.7. The smallest absolute Gasteiger partial charge is 0.255 e. The van der Waals surface area contributed by atoms with Crippen LogP contribution in [0.4, 0.5) is 11.4 Å². The number of carbonyl (C=O) groups is 2. The first-order valence-corrected chi connectivity index (χ1v) is 12.4. The van der Waals surface area contributed by atoms with Gasteiger partial charge in [-0.05, 0) is 79.4 Å². The lowest BCUT2D eigenvalue weighted by atomic mass is 10.1. The number of nitrogens with zero attached hydrogens (tertiary/aromatic N) is 1. The molecule has 5 aromatic rings. The number of aryl methyl sites for hydroxylation is 1. The lowest BCUT2D eigenvalue weighted by Gasteiger charge is -2.06. The summed E-state index contributed by atoms with van der Waals surface area (Å²) in [4.78, 5) is 33.3. The molecule has 1 saturated carbocycles. The largest absolute Gasteiger partial charge is 0.338 e. The molecule has 2 atom stereocenters. The molecule has 6 heteroatoms. The summed E-state index contributed by atoms with van der Waals surface area (Å²) in [5.41, 5.74) is 6.98. The third-order valence-electron chi connectivity index (χ3n) is 6.83. The molecule has 1 heterocycles. The predicted molar refractivity (Wildman–Crippen MR) is 147 cm³/mol. The zero-order chi connectivity index (χ0) is 25.4. The first-order valence-electron chi connectivity index (χ1n) is 12.4. The Morgan fingerprint density at radius 2 is 1.57 bits per heavy atom. The maximum atomic E-state index is 12.8. The van der Waals surface area contributed by atoms with Crippen LogP contribution in [-0.4, -0.2) is 21.8 Å². The summed E-state index contributed by atoms with van der Waals surface area (Å²) in [5, 5.41) is 5.99. The van der Waals surface area contributed by atoms with Gasteiger partial charge in [-0.25, -0.2) is 4.98 Å². The molecule has 0 radical (unpaired) electrons. The maximum absolute atomic E-state index is 12.8. The Bertz CT molecular complexity index is 1590. The number of imidazole rings is 1. The SMILES string of the molecule is Cc1ccc(C(=O)Nc2ccc(-c3nc4ccc(NC(=O)C5CC5c5ccccc5)cc4[nH]3)cc2)cc1. The number of anilines is 2. The van der Waals surface area contributed by atoms with Gasteiger partial charge in [0, 0.05) is 28.4 Å². The summed E-state index contributed by atoms with van der Waals surface area (Å²) in [6, 6.07) is 30.9. The number of fused-ring (bicyclic) bond motifs is 1. The van der Waals surface area contributed by atoms with E-state index in [1.54, 1.807) is 0 Å². The highest BCUT2D eigenvalue weighted by Crippen LogP contribution is 2.47. The molecule has 1 aliphatic carbocycles. The normalized spacial score (nSPS) is 16.4. The average molecular weight is 487 g/mol. The molecule has 4 aromatic carbocycles. The Morgan fingerprint density at radius 3 is 2.32 bits per heavy atom. The zero-order valence-corrected chi connectivity index (χ0v) is 20.4. The van der Waals surface area contributed by atoms with Crippen LogP contribution in [0.3, 0.4) is 0 Å². The van der Waals surface area contributed by atoms with Crippen molar-refractivity contribution in [2.24, 2.45) is 5.92 Å². The van der Waals surface area contributed by atoms with Crippen LogP contribution in [-0.2, 0) is 4.79 Å². The standard InChI is InChI=1S/C31H26N4O2/c1-19-7-9-22(10-8-19)30(36)32-23-13-11-21(12-14-23)29-34-27-16-15-24(17-28(27)35-29)33-31(37)26-18-25(26)20-5-3-2-4-6-20/h2-17,25-26H,18H2,1H3,(H,32,36)(H,33,37)(H,34,35). The minimum absolute atomic E-state index is 0.0143. The Morgan fingerprint density at radius 1 is 0.838 bits per heavy atom. The number of carbonyl (C=O) groups excluding carboxylic acids is 2. The number of hydrogen-bond acceptors (Lipinski definition) is 3. The molecule has 2 unspecified atom stereocenters. The van der Waals surface area contributed by atoms with Crippen molar-refractivity contribution in [1.82, 2.24) is 9.97 Å². The van der Waals surface area contributed by atoms with Crippen LogP contribution in [0.5, 0.6) is 0 Å². The summed E-state index contributed by atoms with van der Waals surface area (Å²) >= 11 is 0. The highest BCUT2D eigenvalue weighted by Gasteiger charge is 2.43. The second-order valence-electron chi connectivity index (χ2n) is 9.56. The van der Waals surface area contributed by atoms with Crippen LogP contribution < -0.4 is 10.6 Å². The maximum Gasteiger partial charge on any atom is 0.255 e. The Balaban J connectivity index is 1.12. The number of amides is 2. The second-order valence-corrected chi connectivity index (χ2v) is 9.56. The van der Waals surface area contributed by atoms with Gasteiger partial charge in [-0.2, -0.15) is 0 Å². The van der Waals surface area contributed by atoms with Gasteiger partial charge in [0.25, 0.3) is 5.91 Å². The number of nitrogens with one attached hydrogen (secondary N) is 3. The fourth-order valence-electron chi connectivity index (χ4n) is 4.63. The summed E-state index contributed by atoms with van der Waals surface area (Å²) in [6.07, 6.45) is 0.883. The average Bonchev–Trinajstić information content (AvgIpc) is 3.62. The van der Waals surface area contributed by atoms with Gasteiger partial charge >= 0.3 is 0 Å². The summed E-state index contributed by atoms with van der Waals surface area (Å²) in [5.74, 6) is 0.943. The van der Waals surface area contributed by atoms with Gasteiger partial charge in [-0.3, -0.25) is 9.59 Å². The van der Waals surface area contributed by atoms with Crippen LogP contribution in [0.1, 0.15) is 33.8 Å². The molecular formula is C31H26N4O2. The van der Waals surface area contributed by atoms with E-state index >= 15 is 0 Å². The van der Waals surface area contributed by atoms with Crippen LogP contribution >= 0.6 is 0 Å². The van der Waals surface area contributed by atoms with E-state index in [9.17, 15) is 9.59 Å². The Hall–Kier alpha value is -4.71. The lowest BCUT2D eigenvalue weighted by Crippen LogP contribution is -2.14. The molecule has 3 N–H and O–H groups in total. The first-order chi connectivity index (χ1) is 18.0. The van der Waals surface area contributed by atoms with Crippen molar-refractivity contribution in [3.63, 3.8) is 0 Å². The van der Waals surface area contributed by atoms with Crippen molar-refractivity contribution in [2.45, 2.75) is 19.3 Å². The molecule has 2 amide bonds. The molecule has 1 aliphatic rings. The van der Waals surface area contributed by atoms with Crippen molar-refractivity contribution < 1.29 is 9.59 Å². The molecule has 1 fully saturated rings. The lowest BCUT2D eigenvalue weighted by molar-refractivity contribution is -0.117. The van der Waals surface area contributed by atoms with Crippen molar-refractivity contribution >= 4 is 34.2 Å². The predicted octanol–water partition coefficient (Wildman–Crippen LogP) is 6.53. The summed E-state index contributed by atoms with van der Waals surface area (Å²) in [6.45, 7) is 1.99. The highest BCUT2D eigenvalue weighted by molar-refractivity contribution is 6.04. The van der Waals surface area contributed by atoms with Crippen molar-refractivity contribution in [3.05, 3.63) is 114 Å². The van der Waals surface area contributed by atoms with E-state index in [1.165, 1.54) is 5.56 Å². The number of aromatic nitrogens is 2. The molecule has 0 spiro atoms. The summed E-state index contributed by atoms with van der Waals surface area (Å²) < 4.78 is 0. The molecule has 37 heavy (non-hydrogen) atoms. The van der Waals surface area contributed by atoms with Crippen molar-refractivity contribution in [2.75, 3.05) is 10.6 Å². The fourth-order valence-corrected chi connectivity index (χ4v) is 4.63. The molecule has 6 rings (SSSR count). The fraction of sp³-hybridized carbons (Fsp3) is 0.129. The van der Waals surface area contributed by atoms with Crippen LogP contribution in [0, 0.1) is 12.8 Å². The molecule has 1 aromatic heterocycles. The van der Waals surface area contributed by atoms with E-state index in [4.69, 9.17) is 4.98 Å².